The highest BCUT2D eigenvalue weighted by Crippen LogP contribution is 2.19. The lowest BCUT2D eigenvalue weighted by molar-refractivity contribution is 0.0815. The first-order valence-electron chi connectivity index (χ1n) is 6.54. The second-order valence-corrected chi connectivity index (χ2v) is 11.7. The molecule has 0 bridgehead atoms. The second-order valence-electron chi connectivity index (χ2n) is 6.06. The Kier molecular flexibility index (Phi) is 3.91. The molecule has 0 unspecified atom stereocenters. The number of aromatic nitrogens is 3. The van der Waals surface area contributed by atoms with Crippen molar-refractivity contribution in [1.29, 1.82) is 0 Å². The van der Waals surface area contributed by atoms with E-state index in [9.17, 15) is 0 Å². The first-order chi connectivity index (χ1) is 8.87. The number of fused-ring (bicyclic) bond motifs is 1. The summed E-state index contributed by atoms with van der Waals surface area (Å²) < 4.78 is 7.43. The van der Waals surface area contributed by atoms with E-state index in [4.69, 9.17) is 10.5 Å². The fourth-order valence-corrected chi connectivity index (χ4v) is 2.55. The Hall–Kier alpha value is -1.40. The standard InChI is InChI=1S/C13H22N4OSi/c1-10-5-6-11-12(14)16-17(13(11)15-10)9-18-7-8-19(2,3)4/h5-6H,7-9H2,1-4H3,(H2,14,16). The van der Waals surface area contributed by atoms with Gasteiger partial charge in [-0.3, -0.25) is 0 Å². The summed E-state index contributed by atoms with van der Waals surface area (Å²) in [6, 6.07) is 5.05. The highest BCUT2D eigenvalue weighted by Gasteiger charge is 2.13. The Balaban J connectivity index is 2.07. The molecule has 0 fully saturated rings. The summed E-state index contributed by atoms with van der Waals surface area (Å²) in [4.78, 5) is 4.47. The third kappa shape index (κ3) is 3.54. The minimum Gasteiger partial charge on any atom is -0.382 e. The van der Waals surface area contributed by atoms with Crippen LogP contribution < -0.4 is 5.73 Å². The van der Waals surface area contributed by atoms with Gasteiger partial charge in [0.2, 0.25) is 0 Å². The normalized spacial score (nSPS) is 12.2. The van der Waals surface area contributed by atoms with Crippen LogP contribution in [0.2, 0.25) is 25.7 Å². The summed E-state index contributed by atoms with van der Waals surface area (Å²) in [6.07, 6.45) is 0. The third-order valence-electron chi connectivity index (χ3n) is 2.97. The maximum Gasteiger partial charge on any atom is 0.162 e. The average molecular weight is 278 g/mol. The van der Waals surface area contributed by atoms with Crippen LogP contribution in [0.25, 0.3) is 11.0 Å². The van der Waals surface area contributed by atoms with Crippen molar-refractivity contribution in [3.8, 4) is 0 Å². The first-order valence-corrected chi connectivity index (χ1v) is 10.2. The molecule has 0 amide bonds. The van der Waals surface area contributed by atoms with E-state index in [1.807, 2.05) is 19.1 Å². The van der Waals surface area contributed by atoms with Gasteiger partial charge in [-0.05, 0) is 25.1 Å². The zero-order valence-corrected chi connectivity index (χ0v) is 13.1. The van der Waals surface area contributed by atoms with Crippen molar-refractivity contribution in [2.24, 2.45) is 0 Å². The molecule has 0 aliphatic heterocycles. The SMILES string of the molecule is Cc1ccc2c(N)nn(COCC[Si](C)(C)C)c2n1. The van der Waals surface area contributed by atoms with E-state index < -0.39 is 8.07 Å². The highest BCUT2D eigenvalue weighted by atomic mass is 28.3. The number of ether oxygens (including phenoxy) is 1. The predicted octanol–water partition coefficient (Wildman–Crippen LogP) is 2.63. The number of nitrogen functional groups attached to an aromatic ring is 1. The van der Waals surface area contributed by atoms with Crippen molar-refractivity contribution in [2.45, 2.75) is 39.3 Å². The quantitative estimate of drug-likeness (QED) is 0.674. The highest BCUT2D eigenvalue weighted by molar-refractivity contribution is 6.76. The molecule has 2 rings (SSSR count). The van der Waals surface area contributed by atoms with Gasteiger partial charge in [0.05, 0.1) is 5.39 Å². The Morgan fingerprint density at radius 2 is 2.05 bits per heavy atom. The van der Waals surface area contributed by atoms with Crippen molar-refractivity contribution >= 4 is 24.9 Å². The van der Waals surface area contributed by atoms with Crippen LogP contribution in [0.5, 0.6) is 0 Å². The summed E-state index contributed by atoms with van der Waals surface area (Å²) in [5.74, 6) is 0.510. The monoisotopic (exact) mass is 278 g/mol. The second kappa shape index (κ2) is 5.30. The van der Waals surface area contributed by atoms with E-state index in [0.717, 1.165) is 29.4 Å². The molecule has 0 radical (unpaired) electrons. The van der Waals surface area contributed by atoms with Crippen LogP contribution in [0.15, 0.2) is 12.1 Å². The van der Waals surface area contributed by atoms with E-state index in [1.165, 1.54) is 0 Å². The van der Waals surface area contributed by atoms with E-state index in [-0.39, 0.29) is 0 Å². The van der Waals surface area contributed by atoms with Crippen LogP contribution in [0.4, 0.5) is 5.82 Å². The molecule has 0 aromatic carbocycles. The molecule has 2 aromatic rings. The fraction of sp³-hybridized carbons (Fsp3) is 0.538. The van der Waals surface area contributed by atoms with Gasteiger partial charge in [0, 0.05) is 20.4 Å². The molecule has 0 saturated carbocycles. The zero-order chi connectivity index (χ0) is 14.0. The third-order valence-corrected chi connectivity index (χ3v) is 4.68. The molecular weight excluding hydrogens is 256 g/mol. The van der Waals surface area contributed by atoms with Crippen LogP contribution in [0.3, 0.4) is 0 Å². The predicted molar refractivity (Wildman–Crippen MR) is 80.8 cm³/mol. The van der Waals surface area contributed by atoms with Crippen molar-refractivity contribution in [1.82, 2.24) is 14.8 Å². The number of nitrogens with zero attached hydrogens (tertiary/aromatic N) is 3. The summed E-state index contributed by atoms with van der Waals surface area (Å²) in [7, 11) is -1.05. The molecule has 0 saturated heterocycles. The Morgan fingerprint density at radius 3 is 2.74 bits per heavy atom. The van der Waals surface area contributed by atoms with Crippen molar-refractivity contribution < 1.29 is 4.74 Å². The molecule has 2 N–H and O–H groups in total. The van der Waals surface area contributed by atoms with E-state index in [0.29, 0.717) is 12.5 Å². The van der Waals surface area contributed by atoms with Gasteiger partial charge in [0.25, 0.3) is 0 Å². The smallest absolute Gasteiger partial charge is 0.162 e. The largest absolute Gasteiger partial charge is 0.382 e. The lowest BCUT2D eigenvalue weighted by atomic mass is 10.3. The number of aryl methyl sites for hydroxylation is 1. The molecule has 2 aromatic heterocycles. The molecule has 104 valence electrons. The zero-order valence-electron chi connectivity index (χ0n) is 12.1. The van der Waals surface area contributed by atoms with Crippen LogP contribution in [-0.4, -0.2) is 29.4 Å². The number of anilines is 1. The molecule has 0 aliphatic carbocycles. The summed E-state index contributed by atoms with van der Waals surface area (Å²) in [5, 5.41) is 5.17. The van der Waals surface area contributed by atoms with Crippen molar-refractivity contribution in [3.63, 3.8) is 0 Å². The van der Waals surface area contributed by atoms with Crippen LogP contribution >= 0.6 is 0 Å². The number of pyridine rings is 1. The van der Waals surface area contributed by atoms with Gasteiger partial charge < -0.3 is 10.5 Å². The van der Waals surface area contributed by atoms with E-state index >= 15 is 0 Å². The molecule has 6 heteroatoms. The van der Waals surface area contributed by atoms with Gasteiger partial charge >= 0.3 is 0 Å². The van der Waals surface area contributed by atoms with Crippen molar-refractivity contribution in [3.05, 3.63) is 17.8 Å². The Labute approximate surface area is 114 Å². The Morgan fingerprint density at radius 1 is 1.32 bits per heavy atom. The maximum atomic E-state index is 5.88. The lowest BCUT2D eigenvalue weighted by Crippen LogP contribution is -2.22. The average Bonchev–Trinajstić information content (AvgIpc) is 2.60. The molecule has 2 heterocycles. The van der Waals surface area contributed by atoms with Gasteiger partial charge in [-0.15, -0.1) is 0 Å². The summed E-state index contributed by atoms with van der Waals surface area (Å²) >= 11 is 0. The van der Waals surface area contributed by atoms with Gasteiger partial charge in [0.15, 0.2) is 11.5 Å². The molecule has 0 aliphatic rings. The first kappa shape index (κ1) is 14.0. The molecular formula is C13H22N4OSi. The van der Waals surface area contributed by atoms with Crippen molar-refractivity contribution in [2.75, 3.05) is 12.3 Å². The van der Waals surface area contributed by atoms with Gasteiger partial charge in [0.1, 0.15) is 6.73 Å². The van der Waals surface area contributed by atoms with Gasteiger partial charge in [-0.2, -0.15) is 5.10 Å². The van der Waals surface area contributed by atoms with E-state index in [2.05, 4.69) is 29.7 Å². The van der Waals surface area contributed by atoms with Crippen LogP contribution in [-0.2, 0) is 11.5 Å². The number of hydrogen-bond acceptors (Lipinski definition) is 4. The fourth-order valence-electron chi connectivity index (χ4n) is 1.79. The minimum atomic E-state index is -1.05. The van der Waals surface area contributed by atoms with Gasteiger partial charge in [-0.25, -0.2) is 9.67 Å². The summed E-state index contributed by atoms with van der Waals surface area (Å²) in [6.45, 7) is 10.1. The van der Waals surface area contributed by atoms with E-state index in [1.54, 1.807) is 4.68 Å². The maximum absolute atomic E-state index is 5.88. The minimum absolute atomic E-state index is 0.411. The Bertz CT molecular complexity index is 574. The number of hydrogen-bond donors (Lipinski definition) is 1. The number of rotatable bonds is 5. The van der Waals surface area contributed by atoms with Crippen LogP contribution in [0, 0.1) is 6.92 Å². The topological polar surface area (TPSA) is 66.0 Å². The van der Waals surface area contributed by atoms with Crippen LogP contribution in [0.1, 0.15) is 5.69 Å². The molecule has 0 spiro atoms. The lowest BCUT2D eigenvalue weighted by Gasteiger charge is -2.15. The van der Waals surface area contributed by atoms with Gasteiger partial charge in [-0.1, -0.05) is 19.6 Å². The molecule has 5 nitrogen and oxygen atoms in total. The molecule has 0 atom stereocenters. The molecule has 19 heavy (non-hydrogen) atoms. The number of nitrogens with two attached hydrogens (primary N) is 1. The summed E-state index contributed by atoms with van der Waals surface area (Å²) in [5.41, 5.74) is 7.63.